The van der Waals surface area contributed by atoms with E-state index in [-0.39, 0.29) is 11.3 Å². The third-order valence-corrected chi connectivity index (χ3v) is 4.09. The van der Waals surface area contributed by atoms with Gasteiger partial charge in [-0.2, -0.15) is 0 Å². The summed E-state index contributed by atoms with van der Waals surface area (Å²) in [5.74, 6) is -1.26. The van der Waals surface area contributed by atoms with E-state index in [1.165, 1.54) is 31.4 Å². The van der Waals surface area contributed by atoms with E-state index in [9.17, 15) is 20.0 Å². The Morgan fingerprint density at radius 3 is 2.71 bits per heavy atom. The number of benzene rings is 1. The quantitative estimate of drug-likeness (QED) is 0.567. The predicted octanol–water partition coefficient (Wildman–Crippen LogP) is 2.96. The zero-order valence-electron chi connectivity index (χ0n) is 12.1. The second-order valence-electron chi connectivity index (χ2n) is 5.73. The van der Waals surface area contributed by atoms with E-state index in [0.717, 1.165) is 13.0 Å². The highest BCUT2D eigenvalue weighted by Gasteiger charge is 2.40. The molecule has 0 amide bonds. The summed E-state index contributed by atoms with van der Waals surface area (Å²) in [6, 6.07) is 4.38. The van der Waals surface area contributed by atoms with Crippen LogP contribution in [0.3, 0.4) is 0 Å². The van der Waals surface area contributed by atoms with Gasteiger partial charge in [0.05, 0.1) is 4.92 Å². The molecule has 1 fully saturated rings. The normalized spacial score (nSPS) is 15.7. The molecule has 2 rings (SSSR count). The van der Waals surface area contributed by atoms with E-state index in [1.54, 1.807) is 6.07 Å². The van der Waals surface area contributed by atoms with Gasteiger partial charge in [-0.25, -0.2) is 4.79 Å². The second-order valence-corrected chi connectivity index (χ2v) is 5.73. The molecule has 1 aromatic rings. The number of nitrogens with one attached hydrogen (secondary N) is 1. The number of carboxylic acids is 1. The summed E-state index contributed by atoms with van der Waals surface area (Å²) < 4.78 is 0. The van der Waals surface area contributed by atoms with Crippen LogP contribution in [0.2, 0.25) is 0 Å². The molecule has 2 N–H and O–H groups in total. The summed E-state index contributed by atoms with van der Waals surface area (Å²) in [4.78, 5) is 21.6. The molecule has 0 aromatic heterocycles. The van der Waals surface area contributed by atoms with E-state index in [2.05, 4.69) is 12.2 Å². The maximum Gasteiger partial charge on any atom is 0.343 e. The fourth-order valence-corrected chi connectivity index (χ4v) is 2.82. The largest absolute Gasteiger partial charge is 0.477 e. The fourth-order valence-electron chi connectivity index (χ4n) is 2.82. The Labute approximate surface area is 123 Å². The van der Waals surface area contributed by atoms with Crippen LogP contribution in [0.1, 0.15) is 48.5 Å². The standard InChI is InChI=1S/C15H20N2O4/c1-2-6-15(7-8-15)10-16-9-11-4-3-5-12(17(20)21)13(11)14(18)19/h3-5,16H,2,6-10H2,1H3,(H,18,19). The zero-order chi connectivity index (χ0) is 15.5. The minimum atomic E-state index is -1.26. The first kappa shape index (κ1) is 15.4. The minimum Gasteiger partial charge on any atom is -0.477 e. The lowest BCUT2D eigenvalue weighted by molar-refractivity contribution is -0.385. The fraction of sp³-hybridized carbons (Fsp3) is 0.533. The van der Waals surface area contributed by atoms with Crippen LogP contribution in [-0.2, 0) is 6.54 Å². The second kappa shape index (κ2) is 6.22. The van der Waals surface area contributed by atoms with E-state index >= 15 is 0 Å². The first-order chi connectivity index (χ1) is 9.99. The lowest BCUT2D eigenvalue weighted by Gasteiger charge is -2.15. The van der Waals surface area contributed by atoms with Gasteiger partial charge >= 0.3 is 5.97 Å². The Kier molecular flexibility index (Phi) is 4.57. The number of hydrogen-bond donors (Lipinski definition) is 2. The van der Waals surface area contributed by atoms with Crippen molar-refractivity contribution < 1.29 is 14.8 Å². The van der Waals surface area contributed by atoms with Gasteiger partial charge in [0.25, 0.3) is 5.69 Å². The lowest BCUT2D eigenvalue weighted by atomic mass is 10.00. The molecule has 1 saturated carbocycles. The van der Waals surface area contributed by atoms with Gasteiger partial charge in [0.1, 0.15) is 5.56 Å². The molecule has 6 nitrogen and oxygen atoms in total. The number of nitro groups is 1. The highest BCUT2D eigenvalue weighted by Crippen LogP contribution is 2.48. The molecule has 0 heterocycles. The molecule has 114 valence electrons. The topological polar surface area (TPSA) is 92.5 Å². The van der Waals surface area contributed by atoms with Gasteiger partial charge in [-0.15, -0.1) is 0 Å². The Balaban J connectivity index is 2.08. The van der Waals surface area contributed by atoms with Crippen molar-refractivity contribution in [2.24, 2.45) is 5.41 Å². The first-order valence-electron chi connectivity index (χ1n) is 7.19. The molecule has 1 aromatic carbocycles. The van der Waals surface area contributed by atoms with Crippen LogP contribution >= 0.6 is 0 Å². The summed E-state index contributed by atoms with van der Waals surface area (Å²) in [5, 5.41) is 23.4. The number of nitrogens with zero attached hydrogens (tertiary/aromatic N) is 1. The van der Waals surface area contributed by atoms with Gasteiger partial charge in [0.2, 0.25) is 0 Å². The number of nitro benzene ring substituents is 1. The zero-order valence-corrected chi connectivity index (χ0v) is 12.1. The number of carboxylic acid groups (broad SMARTS) is 1. The Morgan fingerprint density at radius 1 is 1.48 bits per heavy atom. The monoisotopic (exact) mass is 292 g/mol. The summed E-state index contributed by atoms with van der Waals surface area (Å²) in [5.41, 5.74) is 0.259. The minimum absolute atomic E-state index is 0.213. The molecule has 0 atom stereocenters. The van der Waals surface area contributed by atoms with Crippen molar-refractivity contribution >= 4 is 11.7 Å². The van der Waals surface area contributed by atoms with Crippen LogP contribution in [0.15, 0.2) is 18.2 Å². The molecule has 0 aliphatic heterocycles. The van der Waals surface area contributed by atoms with E-state index in [4.69, 9.17) is 0 Å². The highest BCUT2D eigenvalue weighted by atomic mass is 16.6. The molecule has 0 saturated heterocycles. The van der Waals surface area contributed by atoms with E-state index < -0.39 is 10.9 Å². The SMILES string of the molecule is CCCC1(CNCc2cccc([N+](=O)[O-])c2C(=O)O)CC1. The number of aromatic carboxylic acids is 1. The molecule has 0 radical (unpaired) electrons. The summed E-state index contributed by atoms with van der Waals surface area (Å²) in [7, 11) is 0. The molecule has 1 aliphatic rings. The number of carbonyl (C=O) groups is 1. The van der Waals surface area contributed by atoms with Crippen molar-refractivity contribution in [1.29, 1.82) is 0 Å². The summed E-state index contributed by atoms with van der Waals surface area (Å²) in [6.45, 7) is 3.33. The molecule has 21 heavy (non-hydrogen) atoms. The molecule has 0 spiro atoms. The van der Waals surface area contributed by atoms with Crippen LogP contribution < -0.4 is 5.32 Å². The molecule has 0 unspecified atom stereocenters. The first-order valence-corrected chi connectivity index (χ1v) is 7.19. The lowest BCUT2D eigenvalue weighted by Crippen LogP contribution is -2.24. The van der Waals surface area contributed by atoms with Crippen LogP contribution in [0.4, 0.5) is 5.69 Å². The van der Waals surface area contributed by atoms with Crippen molar-refractivity contribution in [2.75, 3.05) is 6.54 Å². The van der Waals surface area contributed by atoms with Gasteiger partial charge < -0.3 is 10.4 Å². The molecule has 1 aliphatic carbocycles. The summed E-state index contributed by atoms with van der Waals surface area (Å²) in [6.07, 6.45) is 4.71. The molecule has 6 heteroatoms. The predicted molar refractivity (Wildman–Crippen MR) is 78.3 cm³/mol. The van der Waals surface area contributed by atoms with Crippen molar-refractivity contribution in [3.63, 3.8) is 0 Å². The highest BCUT2D eigenvalue weighted by molar-refractivity contribution is 5.94. The number of rotatable bonds is 8. The van der Waals surface area contributed by atoms with Gasteiger partial charge in [-0.1, -0.05) is 25.5 Å². The maximum atomic E-state index is 11.3. The van der Waals surface area contributed by atoms with Gasteiger partial charge in [-0.3, -0.25) is 10.1 Å². The third kappa shape index (κ3) is 3.58. The summed E-state index contributed by atoms with van der Waals surface area (Å²) >= 11 is 0. The Bertz CT molecular complexity index is 553. The van der Waals surface area contributed by atoms with E-state index in [1.807, 2.05) is 0 Å². The Morgan fingerprint density at radius 2 is 2.19 bits per heavy atom. The Hall–Kier alpha value is -1.95. The van der Waals surface area contributed by atoms with Crippen molar-refractivity contribution in [1.82, 2.24) is 5.32 Å². The maximum absolute atomic E-state index is 11.3. The van der Waals surface area contributed by atoms with Crippen LogP contribution in [0.5, 0.6) is 0 Å². The average molecular weight is 292 g/mol. The van der Waals surface area contributed by atoms with Gasteiger partial charge in [0, 0.05) is 19.2 Å². The smallest absolute Gasteiger partial charge is 0.343 e. The van der Waals surface area contributed by atoms with Gasteiger partial charge in [-0.05, 0) is 30.2 Å². The van der Waals surface area contributed by atoms with E-state index in [0.29, 0.717) is 17.5 Å². The molecule has 0 bridgehead atoms. The molecular weight excluding hydrogens is 272 g/mol. The third-order valence-electron chi connectivity index (χ3n) is 4.09. The molecular formula is C15H20N2O4. The van der Waals surface area contributed by atoms with Crippen molar-refractivity contribution in [3.8, 4) is 0 Å². The van der Waals surface area contributed by atoms with Crippen LogP contribution in [-0.4, -0.2) is 22.5 Å². The van der Waals surface area contributed by atoms with Crippen molar-refractivity contribution in [3.05, 3.63) is 39.4 Å². The van der Waals surface area contributed by atoms with Crippen LogP contribution in [0.25, 0.3) is 0 Å². The van der Waals surface area contributed by atoms with Crippen LogP contribution in [0, 0.1) is 15.5 Å². The number of hydrogen-bond acceptors (Lipinski definition) is 4. The van der Waals surface area contributed by atoms with Crippen molar-refractivity contribution in [2.45, 2.75) is 39.2 Å². The average Bonchev–Trinajstić information content (AvgIpc) is 3.18. The van der Waals surface area contributed by atoms with Gasteiger partial charge in [0.15, 0.2) is 0 Å².